The van der Waals surface area contributed by atoms with Crippen molar-refractivity contribution in [2.75, 3.05) is 20.8 Å². The molecule has 5 heteroatoms. The van der Waals surface area contributed by atoms with E-state index in [1.165, 1.54) is 0 Å². The third-order valence-corrected chi connectivity index (χ3v) is 4.49. The third-order valence-electron chi connectivity index (χ3n) is 4.26. The zero-order valence-corrected chi connectivity index (χ0v) is 15.7. The van der Waals surface area contributed by atoms with Gasteiger partial charge in [0.1, 0.15) is 0 Å². The van der Waals surface area contributed by atoms with Crippen molar-refractivity contribution >= 4 is 11.6 Å². The molecule has 2 rings (SSSR count). The molecule has 25 heavy (non-hydrogen) atoms. The number of aliphatic hydroxyl groups is 1. The lowest BCUT2D eigenvalue weighted by Gasteiger charge is -2.20. The van der Waals surface area contributed by atoms with E-state index in [0.717, 1.165) is 35.5 Å². The van der Waals surface area contributed by atoms with Gasteiger partial charge in [-0.3, -0.25) is 0 Å². The first-order valence-electron chi connectivity index (χ1n) is 8.45. The van der Waals surface area contributed by atoms with E-state index in [-0.39, 0.29) is 6.04 Å². The Kier molecular flexibility index (Phi) is 7.56. The highest BCUT2D eigenvalue weighted by Gasteiger charge is 2.13. The molecule has 0 aliphatic rings. The molecule has 0 spiro atoms. The Morgan fingerprint density at radius 1 is 1.08 bits per heavy atom. The number of benzene rings is 2. The molecule has 0 aromatic heterocycles. The van der Waals surface area contributed by atoms with Crippen LogP contribution in [0.5, 0.6) is 11.5 Å². The van der Waals surface area contributed by atoms with Crippen molar-refractivity contribution in [2.45, 2.75) is 31.9 Å². The lowest BCUT2D eigenvalue weighted by Crippen LogP contribution is -2.34. The fraction of sp³-hybridized carbons (Fsp3) is 0.400. The molecule has 2 atom stereocenters. The van der Waals surface area contributed by atoms with Gasteiger partial charge in [0.2, 0.25) is 0 Å². The average Bonchev–Trinajstić information content (AvgIpc) is 2.64. The maximum absolute atomic E-state index is 10.3. The second kappa shape index (κ2) is 9.66. The summed E-state index contributed by atoms with van der Waals surface area (Å²) in [5.74, 6) is 1.46. The van der Waals surface area contributed by atoms with Gasteiger partial charge in [0.15, 0.2) is 11.5 Å². The minimum Gasteiger partial charge on any atom is -0.493 e. The normalized spacial score (nSPS) is 13.3. The van der Waals surface area contributed by atoms with Crippen LogP contribution >= 0.6 is 11.6 Å². The van der Waals surface area contributed by atoms with E-state index in [9.17, 15) is 5.11 Å². The molecule has 2 N–H and O–H groups in total. The Bertz CT molecular complexity index is 678. The molecule has 0 aliphatic carbocycles. The number of hydrogen-bond donors (Lipinski definition) is 2. The van der Waals surface area contributed by atoms with Gasteiger partial charge in [0.25, 0.3) is 0 Å². The molecule has 0 radical (unpaired) electrons. The number of ether oxygens (including phenoxy) is 2. The third kappa shape index (κ3) is 5.63. The van der Waals surface area contributed by atoms with Gasteiger partial charge < -0.3 is 19.9 Å². The van der Waals surface area contributed by atoms with Crippen LogP contribution in [-0.4, -0.2) is 31.9 Å². The summed E-state index contributed by atoms with van der Waals surface area (Å²) in [5.41, 5.74) is 1.98. The molecule has 2 aromatic rings. The molecule has 0 fully saturated rings. The molecule has 0 saturated carbocycles. The van der Waals surface area contributed by atoms with E-state index < -0.39 is 6.10 Å². The molecule has 2 aromatic carbocycles. The number of aliphatic hydroxyl groups excluding tert-OH is 1. The zero-order valence-electron chi connectivity index (χ0n) is 15.0. The number of rotatable bonds is 9. The van der Waals surface area contributed by atoms with Crippen LogP contribution in [0.25, 0.3) is 0 Å². The summed E-state index contributed by atoms with van der Waals surface area (Å²) >= 11 is 5.99. The van der Waals surface area contributed by atoms with Crippen molar-refractivity contribution in [2.24, 2.45) is 0 Å². The monoisotopic (exact) mass is 363 g/mol. The zero-order chi connectivity index (χ0) is 18.2. The van der Waals surface area contributed by atoms with Gasteiger partial charge in [-0.05, 0) is 48.2 Å². The van der Waals surface area contributed by atoms with Crippen LogP contribution in [0.3, 0.4) is 0 Å². The minimum absolute atomic E-state index is 0.256. The van der Waals surface area contributed by atoms with E-state index in [2.05, 4.69) is 12.2 Å². The van der Waals surface area contributed by atoms with Gasteiger partial charge in [-0.15, -0.1) is 0 Å². The molecule has 0 aliphatic heterocycles. The standard InChI is InChI=1S/C20H26ClNO3/c1-4-17(10-14-8-9-19(24-2)20(11-14)25-3)22-13-18(23)15-6-5-7-16(21)12-15/h5-9,11-12,17-18,22-23H,4,10,13H2,1-3H3/t17-,18+/m1/s1. The van der Waals surface area contributed by atoms with Gasteiger partial charge in [-0.25, -0.2) is 0 Å². The quantitative estimate of drug-likeness (QED) is 0.707. The predicted octanol–water partition coefficient (Wildman–Crippen LogP) is 4.00. The fourth-order valence-electron chi connectivity index (χ4n) is 2.76. The second-order valence-corrected chi connectivity index (χ2v) is 6.41. The van der Waals surface area contributed by atoms with E-state index in [0.29, 0.717) is 11.6 Å². The van der Waals surface area contributed by atoms with Crippen LogP contribution in [0.2, 0.25) is 5.02 Å². The van der Waals surface area contributed by atoms with Crippen LogP contribution in [0.4, 0.5) is 0 Å². The van der Waals surface area contributed by atoms with E-state index in [1.54, 1.807) is 26.4 Å². The van der Waals surface area contributed by atoms with Crippen molar-refractivity contribution in [1.29, 1.82) is 0 Å². The van der Waals surface area contributed by atoms with Gasteiger partial charge >= 0.3 is 0 Å². The summed E-state index contributed by atoms with van der Waals surface area (Å²) in [6, 6.07) is 13.5. The first-order valence-corrected chi connectivity index (χ1v) is 8.83. The summed E-state index contributed by atoms with van der Waals surface area (Å²) < 4.78 is 10.6. The first-order chi connectivity index (χ1) is 12.1. The number of halogens is 1. The van der Waals surface area contributed by atoms with Gasteiger partial charge in [0.05, 0.1) is 20.3 Å². The first kappa shape index (κ1) is 19.6. The Morgan fingerprint density at radius 3 is 2.48 bits per heavy atom. The molecule has 0 amide bonds. The van der Waals surface area contributed by atoms with Crippen molar-refractivity contribution in [3.63, 3.8) is 0 Å². The maximum Gasteiger partial charge on any atom is 0.160 e. The largest absolute Gasteiger partial charge is 0.493 e. The average molecular weight is 364 g/mol. The summed E-state index contributed by atoms with van der Waals surface area (Å²) in [4.78, 5) is 0. The Hall–Kier alpha value is -1.75. The number of hydrogen-bond acceptors (Lipinski definition) is 4. The van der Waals surface area contributed by atoms with E-state index in [1.807, 2.05) is 30.3 Å². The number of nitrogens with one attached hydrogen (secondary N) is 1. The van der Waals surface area contributed by atoms with Crippen LogP contribution in [0, 0.1) is 0 Å². The van der Waals surface area contributed by atoms with Crippen molar-refractivity contribution in [3.8, 4) is 11.5 Å². The molecule has 0 bridgehead atoms. The van der Waals surface area contributed by atoms with Gasteiger partial charge in [-0.2, -0.15) is 0 Å². The summed E-state index contributed by atoms with van der Waals surface area (Å²) in [6.45, 7) is 2.61. The molecular formula is C20H26ClNO3. The van der Waals surface area contributed by atoms with Crippen LogP contribution < -0.4 is 14.8 Å². The van der Waals surface area contributed by atoms with Crippen LogP contribution in [0.1, 0.15) is 30.6 Å². The van der Waals surface area contributed by atoms with E-state index >= 15 is 0 Å². The summed E-state index contributed by atoms with van der Waals surface area (Å²) in [7, 11) is 3.27. The topological polar surface area (TPSA) is 50.7 Å². The highest BCUT2D eigenvalue weighted by Crippen LogP contribution is 2.28. The lowest BCUT2D eigenvalue weighted by molar-refractivity contribution is 0.169. The Balaban J connectivity index is 1.96. The SMILES string of the molecule is CC[C@H](Cc1ccc(OC)c(OC)c1)NC[C@H](O)c1cccc(Cl)c1. The summed E-state index contributed by atoms with van der Waals surface area (Å²) in [5, 5.41) is 14.4. The number of methoxy groups -OCH3 is 2. The van der Waals surface area contributed by atoms with Crippen LogP contribution in [-0.2, 0) is 6.42 Å². The lowest BCUT2D eigenvalue weighted by atomic mass is 10.0. The molecule has 0 saturated heterocycles. The van der Waals surface area contributed by atoms with E-state index in [4.69, 9.17) is 21.1 Å². The fourth-order valence-corrected chi connectivity index (χ4v) is 2.96. The molecule has 0 unspecified atom stereocenters. The maximum atomic E-state index is 10.3. The summed E-state index contributed by atoms with van der Waals surface area (Å²) in [6.07, 6.45) is 1.22. The Morgan fingerprint density at radius 2 is 1.84 bits per heavy atom. The van der Waals surface area contributed by atoms with Crippen LogP contribution in [0.15, 0.2) is 42.5 Å². The highest BCUT2D eigenvalue weighted by molar-refractivity contribution is 6.30. The molecule has 0 heterocycles. The molecule has 136 valence electrons. The van der Waals surface area contributed by atoms with Gasteiger partial charge in [-0.1, -0.05) is 36.7 Å². The minimum atomic E-state index is -0.585. The highest BCUT2D eigenvalue weighted by atomic mass is 35.5. The van der Waals surface area contributed by atoms with Gasteiger partial charge in [0, 0.05) is 17.6 Å². The predicted molar refractivity (Wildman–Crippen MR) is 102 cm³/mol. The Labute approximate surface area is 154 Å². The second-order valence-electron chi connectivity index (χ2n) is 5.98. The smallest absolute Gasteiger partial charge is 0.160 e. The van der Waals surface area contributed by atoms with Crippen molar-refractivity contribution < 1.29 is 14.6 Å². The van der Waals surface area contributed by atoms with Crippen molar-refractivity contribution in [3.05, 3.63) is 58.6 Å². The molecule has 4 nitrogen and oxygen atoms in total. The van der Waals surface area contributed by atoms with Crippen molar-refractivity contribution in [1.82, 2.24) is 5.32 Å². The molecular weight excluding hydrogens is 338 g/mol.